The summed E-state index contributed by atoms with van der Waals surface area (Å²) in [5.41, 5.74) is 0. The third kappa shape index (κ3) is 18.3. The zero-order valence-corrected chi connectivity index (χ0v) is 17.9. The summed E-state index contributed by atoms with van der Waals surface area (Å²) in [5.74, 6) is 1.67. The SMILES string of the molecule is CCCCCCCCCCCCCN(CCC(C)C)CCC(C)C. The van der Waals surface area contributed by atoms with Crippen LogP contribution in [0, 0.1) is 11.8 Å². The first-order valence-corrected chi connectivity index (χ1v) is 11.3. The lowest BCUT2D eigenvalue weighted by Crippen LogP contribution is -2.28. The van der Waals surface area contributed by atoms with Crippen molar-refractivity contribution in [2.45, 2.75) is 118 Å². The summed E-state index contributed by atoms with van der Waals surface area (Å²) in [5, 5.41) is 0. The van der Waals surface area contributed by atoms with E-state index in [4.69, 9.17) is 0 Å². The van der Waals surface area contributed by atoms with E-state index < -0.39 is 0 Å². The molecule has 24 heavy (non-hydrogen) atoms. The summed E-state index contributed by atoms with van der Waals surface area (Å²) in [7, 11) is 0. The molecule has 0 aliphatic rings. The van der Waals surface area contributed by atoms with Gasteiger partial charge in [0.05, 0.1) is 0 Å². The van der Waals surface area contributed by atoms with Crippen molar-refractivity contribution in [2.24, 2.45) is 11.8 Å². The summed E-state index contributed by atoms with van der Waals surface area (Å²) in [6.45, 7) is 15.6. The molecular weight excluding hydrogens is 290 g/mol. The minimum Gasteiger partial charge on any atom is -0.303 e. The zero-order valence-electron chi connectivity index (χ0n) is 17.9. The van der Waals surface area contributed by atoms with E-state index in [1.54, 1.807) is 0 Å². The van der Waals surface area contributed by atoms with Crippen LogP contribution in [0.3, 0.4) is 0 Å². The summed E-state index contributed by atoms with van der Waals surface area (Å²) in [6, 6.07) is 0. The van der Waals surface area contributed by atoms with Crippen LogP contribution >= 0.6 is 0 Å². The van der Waals surface area contributed by atoms with Crippen molar-refractivity contribution in [2.75, 3.05) is 19.6 Å². The maximum atomic E-state index is 2.73. The van der Waals surface area contributed by atoms with Crippen molar-refractivity contribution >= 4 is 0 Å². The molecule has 0 amide bonds. The lowest BCUT2D eigenvalue weighted by molar-refractivity contribution is 0.238. The van der Waals surface area contributed by atoms with E-state index >= 15 is 0 Å². The van der Waals surface area contributed by atoms with Crippen molar-refractivity contribution < 1.29 is 0 Å². The highest BCUT2D eigenvalue weighted by atomic mass is 15.1. The fourth-order valence-corrected chi connectivity index (χ4v) is 3.22. The zero-order chi connectivity index (χ0) is 18.0. The molecule has 0 aromatic carbocycles. The summed E-state index contributed by atoms with van der Waals surface area (Å²) < 4.78 is 0. The number of hydrogen-bond donors (Lipinski definition) is 0. The molecule has 1 heteroatoms. The van der Waals surface area contributed by atoms with E-state index in [-0.39, 0.29) is 0 Å². The average molecular weight is 340 g/mol. The third-order valence-electron chi connectivity index (χ3n) is 5.12. The first kappa shape index (κ1) is 24.0. The van der Waals surface area contributed by atoms with Crippen molar-refractivity contribution in [3.63, 3.8) is 0 Å². The van der Waals surface area contributed by atoms with Crippen molar-refractivity contribution in [1.82, 2.24) is 4.90 Å². The Hall–Kier alpha value is -0.0400. The lowest BCUT2D eigenvalue weighted by atomic mass is 10.1. The van der Waals surface area contributed by atoms with Crippen LogP contribution in [0.4, 0.5) is 0 Å². The van der Waals surface area contributed by atoms with Gasteiger partial charge in [0.15, 0.2) is 0 Å². The van der Waals surface area contributed by atoms with Crippen LogP contribution in [0.15, 0.2) is 0 Å². The Bertz CT molecular complexity index is 222. The first-order valence-electron chi connectivity index (χ1n) is 11.3. The van der Waals surface area contributed by atoms with E-state index in [1.807, 2.05) is 0 Å². The van der Waals surface area contributed by atoms with Crippen LogP contribution in [0.1, 0.15) is 118 Å². The molecule has 0 unspecified atom stereocenters. The van der Waals surface area contributed by atoms with Crippen molar-refractivity contribution in [3.05, 3.63) is 0 Å². The Balaban J connectivity index is 3.53. The molecule has 0 aromatic rings. The smallest absolute Gasteiger partial charge is 0.00163 e. The molecule has 0 aliphatic carbocycles. The van der Waals surface area contributed by atoms with Crippen LogP contribution in [-0.4, -0.2) is 24.5 Å². The topological polar surface area (TPSA) is 3.24 Å². The fraction of sp³-hybridized carbons (Fsp3) is 1.00. The molecule has 0 fully saturated rings. The molecule has 0 saturated carbocycles. The minimum atomic E-state index is 0.837. The predicted molar refractivity (Wildman–Crippen MR) is 112 cm³/mol. The summed E-state index contributed by atoms with van der Waals surface area (Å²) in [4.78, 5) is 2.73. The number of nitrogens with zero attached hydrogens (tertiary/aromatic N) is 1. The number of rotatable bonds is 18. The molecule has 0 heterocycles. The van der Waals surface area contributed by atoms with Crippen LogP contribution in [-0.2, 0) is 0 Å². The monoisotopic (exact) mass is 339 g/mol. The van der Waals surface area contributed by atoms with Gasteiger partial charge in [-0.2, -0.15) is 0 Å². The fourth-order valence-electron chi connectivity index (χ4n) is 3.22. The Morgan fingerprint density at radius 3 is 1.25 bits per heavy atom. The lowest BCUT2D eigenvalue weighted by Gasteiger charge is -2.24. The highest BCUT2D eigenvalue weighted by Crippen LogP contribution is 2.12. The van der Waals surface area contributed by atoms with Gasteiger partial charge in [-0.3, -0.25) is 0 Å². The van der Waals surface area contributed by atoms with Gasteiger partial charge in [0.25, 0.3) is 0 Å². The van der Waals surface area contributed by atoms with Crippen LogP contribution < -0.4 is 0 Å². The Kier molecular flexibility index (Phi) is 17.7. The van der Waals surface area contributed by atoms with Gasteiger partial charge >= 0.3 is 0 Å². The second-order valence-corrected chi connectivity index (χ2v) is 8.74. The molecule has 0 aliphatic heterocycles. The minimum absolute atomic E-state index is 0.837. The van der Waals surface area contributed by atoms with E-state index in [0.717, 1.165) is 11.8 Å². The van der Waals surface area contributed by atoms with Gasteiger partial charge in [0, 0.05) is 0 Å². The largest absolute Gasteiger partial charge is 0.303 e. The van der Waals surface area contributed by atoms with Gasteiger partial charge in [0.2, 0.25) is 0 Å². The van der Waals surface area contributed by atoms with Gasteiger partial charge in [-0.25, -0.2) is 0 Å². The van der Waals surface area contributed by atoms with Gasteiger partial charge in [-0.05, 0) is 50.7 Å². The predicted octanol–water partition coefficient (Wildman–Crippen LogP) is 7.69. The third-order valence-corrected chi connectivity index (χ3v) is 5.12. The van der Waals surface area contributed by atoms with E-state index in [9.17, 15) is 0 Å². The Morgan fingerprint density at radius 2 is 0.875 bits per heavy atom. The molecule has 0 aromatic heterocycles. The Labute approximate surface area is 155 Å². The number of unbranched alkanes of at least 4 members (excludes halogenated alkanes) is 10. The van der Waals surface area contributed by atoms with Crippen LogP contribution in [0.25, 0.3) is 0 Å². The molecule has 0 saturated heterocycles. The molecule has 0 atom stereocenters. The van der Waals surface area contributed by atoms with Crippen LogP contribution in [0.2, 0.25) is 0 Å². The first-order chi connectivity index (χ1) is 11.6. The normalized spacial score (nSPS) is 12.0. The maximum absolute atomic E-state index is 2.73. The molecule has 0 spiro atoms. The number of hydrogen-bond acceptors (Lipinski definition) is 1. The highest BCUT2D eigenvalue weighted by molar-refractivity contribution is 4.62. The second kappa shape index (κ2) is 17.8. The highest BCUT2D eigenvalue weighted by Gasteiger charge is 2.07. The summed E-state index contributed by atoms with van der Waals surface area (Å²) in [6.07, 6.45) is 18.6. The van der Waals surface area contributed by atoms with Gasteiger partial charge in [-0.1, -0.05) is 98.8 Å². The van der Waals surface area contributed by atoms with E-state index in [1.165, 1.54) is 103 Å². The van der Waals surface area contributed by atoms with Crippen molar-refractivity contribution in [3.8, 4) is 0 Å². The van der Waals surface area contributed by atoms with Gasteiger partial charge in [0.1, 0.15) is 0 Å². The van der Waals surface area contributed by atoms with Crippen molar-refractivity contribution in [1.29, 1.82) is 0 Å². The average Bonchev–Trinajstić information content (AvgIpc) is 2.54. The van der Waals surface area contributed by atoms with Gasteiger partial charge in [-0.15, -0.1) is 0 Å². The maximum Gasteiger partial charge on any atom is -0.00163 e. The second-order valence-electron chi connectivity index (χ2n) is 8.74. The summed E-state index contributed by atoms with van der Waals surface area (Å²) >= 11 is 0. The molecule has 0 radical (unpaired) electrons. The van der Waals surface area contributed by atoms with E-state index in [0.29, 0.717) is 0 Å². The van der Waals surface area contributed by atoms with Gasteiger partial charge < -0.3 is 4.90 Å². The quantitative estimate of drug-likeness (QED) is 0.231. The van der Waals surface area contributed by atoms with Crippen LogP contribution in [0.5, 0.6) is 0 Å². The molecule has 0 N–H and O–H groups in total. The molecule has 1 nitrogen and oxygen atoms in total. The molecule has 0 rings (SSSR count). The molecular formula is C23H49N. The standard InChI is InChI=1S/C23H49N/c1-6-7-8-9-10-11-12-13-14-15-16-19-24(20-17-22(2)3)21-18-23(4)5/h22-23H,6-21H2,1-5H3. The molecule has 146 valence electrons. The Morgan fingerprint density at radius 1 is 0.500 bits per heavy atom. The van der Waals surface area contributed by atoms with E-state index in [2.05, 4.69) is 39.5 Å². The molecule has 0 bridgehead atoms.